The monoisotopic (exact) mass is 164 g/mol. The third-order valence-electron chi connectivity index (χ3n) is 3.06. The molecule has 0 spiro atoms. The average molecular weight is 164 g/mol. The first kappa shape index (κ1) is 7.84. The average Bonchev–Trinajstić information content (AvgIpc) is 2.57. The zero-order chi connectivity index (χ0) is 8.39. The van der Waals surface area contributed by atoms with Crippen LogP contribution in [0.15, 0.2) is 12.4 Å². The Morgan fingerprint density at radius 2 is 2.25 bits per heavy atom. The van der Waals surface area contributed by atoms with Crippen LogP contribution in [0.25, 0.3) is 0 Å². The Morgan fingerprint density at radius 1 is 1.42 bits per heavy atom. The van der Waals surface area contributed by atoms with Gasteiger partial charge in [-0.05, 0) is 23.8 Å². The summed E-state index contributed by atoms with van der Waals surface area (Å²) in [5.41, 5.74) is 1.40. The van der Waals surface area contributed by atoms with Crippen molar-refractivity contribution in [3.05, 3.63) is 18.0 Å². The van der Waals surface area contributed by atoms with E-state index in [-0.39, 0.29) is 0 Å². The molecule has 1 aliphatic carbocycles. The van der Waals surface area contributed by atoms with Gasteiger partial charge in [-0.2, -0.15) is 5.10 Å². The molecule has 66 valence electrons. The third-order valence-corrected chi connectivity index (χ3v) is 3.06. The van der Waals surface area contributed by atoms with E-state index in [0.29, 0.717) is 0 Å². The first-order valence-electron chi connectivity index (χ1n) is 4.86. The van der Waals surface area contributed by atoms with Crippen LogP contribution < -0.4 is 0 Å². The quantitative estimate of drug-likeness (QED) is 0.679. The van der Waals surface area contributed by atoms with Crippen LogP contribution in [0, 0.1) is 5.92 Å². The second kappa shape index (κ2) is 3.30. The lowest BCUT2D eigenvalue weighted by atomic mass is 9.77. The summed E-state index contributed by atoms with van der Waals surface area (Å²) in [6.45, 7) is 2.36. The minimum atomic E-state index is 0.762. The highest BCUT2D eigenvalue weighted by atomic mass is 15.1. The Labute approximate surface area is 73.4 Å². The molecule has 0 aromatic carbocycles. The van der Waals surface area contributed by atoms with E-state index in [9.17, 15) is 0 Å². The molecule has 1 aliphatic rings. The molecule has 1 N–H and O–H groups in total. The molecule has 2 rings (SSSR count). The van der Waals surface area contributed by atoms with Gasteiger partial charge >= 0.3 is 0 Å². The summed E-state index contributed by atoms with van der Waals surface area (Å²) in [4.78, 5) is 0. The van der Waals surface area contributed by atoms with E-state index in [1.165, 1.54) is 31.2 Å². The molecule has 2 heteroatoms. The Hall–Kier alpha value is -0.790. The number of aromatic amines is 1. The van der Waals surface area contributed by atoms with E-state index in [1.807, 2.05) is 12.4 Å². The van der Waals surface area contributed by atoms with E-state index < -0.39 is 0 Å². The SMILES string of the molecule is C[C@@H]1CCCC[C@H]1c1cn[nH]c1. The Morgan fingerprint density at radius 3 is 2.92 bits per heavy atom. The highest BCUT2D eigenvalue weighted by molar-refractivity contribution is 5.12. The molecule has 0 aliphatic heterocycles. The van der Waals surface area contributed by atoms with Crippen LogP contribution in [-0.4, -0.2) is 10.2 Å². The summed E-state index contributed by atoms with van der Waals surface area (Å²) in [5, 5.41) is 6.90. The number of aromatic nitrogens is 2. The number of hydrogen-bond acceptors (Lipinski definition) is 1. The van der Waals surface area contributed by atoms with E-state index in [0.717, 1.165) is 11.8 Å². The van der Waals surface area contributed by atoms with Gasteiger partial charge in [0.15, 0.2) is 0 Å². The van der Waals surface area contributed by atoms with E-state index in [1.54, 1.807) is 0 Å². The standard InChI is InChI=1S/C10H16N2/c1-8-4-2-3-5-10(8)9-6-11-12-7-9/h6-8,10H,2-5H2,1H3,(H,11,12)/t8-,10-/m1/s1. The molecule has 1 fully saturated rings. The van der Waals surface area contributed by atoms with Crippen LogP contribution in [-0.2, 0) is 0 Å². The summed E-state index contributed by atoms with van der Waals surface area (Å²) < 4.78 is 0. The van der Waals surface area contributed by atoms with Gasteiger partial charge in [-0.1, -0.05) is 26.2 Å². The first-order valence-corrected chi connectivity index (χ1v) is 4.86. The van der Waals surface area contributed by atoms with Crippen molar-refractivity contribution in [1.82, 2.24) is 10.2 Å². The normalized spacial score (nSPS) is 30.4. The van der Waals surface area contributed by atoms with Gasteiger partial charge in [0, 0.05) is 6.20 Å². The summed E-state index contributed by atoms with van der Waals surface area (Å²) >= 11 is 0. The summed E-state index contributed by atoms with van der Waals surface area (Å²) in [6.07, 6.45) is 9.56. The van der Waals surface area contributed by atoms with Crippen LogP contribution in [0.1, 0.15) is 44.1 Å². The third kappa shape index (κ3) is 1.38. The van der Waals surface area contributed by atoms with Gasteiger partial charge in [0.1, 0.15) is 0 Å². The van der Waals surface area contributed by atoms with Gasteiger partial charge < -0.3 is 0 Å². The molecule has 1 saturated carbocycles. The van der Waals surface area contributed by atoms with Crippen molar-refractivity contribution >= 4 is 0 Å². The fourth-order valence-electron chi connectivity index (χ4n) is 2.28. The number of rotatable bonds is 1. The predicted octanol–water partition coefficient (Wildman–Crippen LogP) is 2.70. The highest BCUT2D eigenvalue weighted by Gasteiger charge is 2.22. The Bertz CT molecular complexity index is 228. The van der Waals surface area contributed by atoms with Gasteiger partial charge in [0.25, 0.3) is 0 Å². The lowest BCUT2D eigenvalue weighted by Crippen LogP contribution is -2.13. The summed E-state index contributed by atoms with van der Waals surface area (Å²) in [5.74, 6) is 1.61. The Kier molecular flexibility index (Phi) is 2.15. The van der Waals surface area contributed by atoms with Crippen molar-refractivity contribution in [2.45, 2.75) is 38.5 Å². The molecule has 0 bridgehead atoms. The molecule has 0 unspecified atom stereocenters. The number of H-pyrrole nitrogens is 1. The second-order valence-corrected chi connectivity index (χ2v) is 3.90. The molecular weight excluding hydrogens is 148 g/mol. The lowest BCUT2D eigenvalue weighted by molar-refractivity contribution is 0.330. The molecule has 12 heavy (non-hydrogen) atoms. The summed E-state index contributed by atoms with van der Waals surface area (Å²) in [6, 6.07) is 0. The smallest absolute Gasteiger partial charge is 0.0522 e. The van der Waals surface area contributed by atoms with Crippen molar-refractivity contribution in [3.8, 4) is 0 Å². The van der Waals surface area contributed by atoms with Gasteiger partial charge in [0.05, 0.1) is 6.20 Å². The fourth-order valence-corrected chi connectivity index (χ4v) is 2.28. The number of hydrogen-bond donors (Lipinski definition) is 1. The maximum absolute atomic E-state index is 4.01. The molecule has 1 aromatic heterocycles. The van der Waals surface area contributed by atoms with Crippen LogP contribution in [0.2, 0.25) is 0 Å². The van der Waals surface area contributed by atoms with Gasteiger partial charge in [0.2, 0.25) is 0 Å². The maximum Gasteiger partial charge on any atom is 0.0522 e. The molecule has 0 radical (unpaired) electrons. The number of nitrogens with one attached hydrogen (secondary N) is 1. The summed E-state index contributed by atoms with van der Waals surface area (Å²) in [7, 11) is 0. The molecule has 1 heterocycles. The van der Waals surface area contributed by atoms with Crippen LogP contribution >= 0.6 is 0 Å². The first-order chi connectivity index (χ1) is 5.88. The van der Waals surface area contributed by atoms with E-state index in [2.05, 4.69) is 17.1 Å². The minimum Gasteiger partial charge on any atom is -0.285 e. The van der Waals surface area contributed by atoms with E-state index in [4.69, 9.17) is 0 Å². The molecule has 0 saturated heterocycles. The zero-order valence-electron chi connectivity index (χ0n) is 7.59. The van der Waals surface area contributed by atoms with Crippen molar-refractivity contribution in [2.24, 2.45) is 5.92 Å². The van der Waals surface area contributed by atoms with Crippen LogP contribution in [0.4, 0.5) is 0 Å². The molecule has 2 nitrogen and oxygen atoms in total. The largest absolute Gasteiger partial charge is 0.285 e. The van der Waals surface area contributed by atoms with Crippen molar-refractivity contribution in [3.63, 3.8) is 0 Å². The highest BCUT2D eigenvalue weighted by Crippen LogP contribution is 2.36. The lowest BCUT2D eigenvalue weighted by Gasteiger charge is -2.27. The van der Waals surface area contributed by atoms with Gasteiger partial charge in [-0.3, -0.25) is 5.10 Å². The fraction of sp³-hybridized carbons (Fsp3) is 0.700. The van der Waals surface area contributed by atoms with Crippen LogP contribution in [0.5, 0.6) is 0 Å². The molecular formula is C10H16N2. The Balaban J connectivity index is 2.11. The molecule has 2 atom stereocenters. The predicted molar refractivity (Wildman–Crippen MR) is 49.0 cm³/mol. The zero-order valence-corrected chi connectivity index (χ0v) is 7.59. The molecule has 0 amide bonds. The van der Waals surface area contributed by atoms with Crippen molar-refractivity contribution < 1.29 is 0 Å². The number of nitrogens with zero attached hydrogens (tertiary/aromatic N) is 1. The topological polar surface area (TPSA) is 28.7 Å². The molecule has 1 aromatic rings. The van der Waals surface area contributed by atoms with Crippen molar-refractivity contribution in [1.29, 1.82) is 0 Å². The minimum absolute atomic E-state index is 0.762. The van der Waals surface area contributed by atoms with Crippen molar-refractivity contribution in [2.75, 3.05) is 0 Å². The van der Waals surface area contributed by atoms with Crippen LogP contribution in [0.3, 0.4) is 0 Å². The second-order valence-electron chi connectivity index (χ2n) is 3.90. The maximum atomic E-state index is 4.01. The van der Waals surface area contributed by atoms with E-state index >= 15 is 0 Å². The van der Waals surface area contributed by atoms with Gasteiger partial charge in [-0.25, -0.2) is 0 Å². The van der Waals surface area contributed by atoms with Gasteiger partial charge in [-0.15, -0.1) is 0 Å².